The molecule has 0 aromatic heterocycles. The van der Waals surface area contributed by atoms with Crippen molar-refractivity contribution in [2.75, 3.05) is 0 Å². The molecule has 2 saturated carbocycles. The molecule has 5 rings (SSSR count). The van der Waals surface area contributed by atoms with Crippen molar-refractivity contribution in [3.63, 3.8) is 0 Å². The van der Waals surface area contributed by atoms with Gasteiger partial charge in [0.2, 0.25) is 10.0 Å². The molecule has 3 aliphatic rings. The van der Waals surface area contributed by atoms with E-state index in [2.05, 4.69) is 80.9 Å². The molecule has 0 saturated heterocycles. The molecular weight excluding hydrogens is 643 g/mol. The van der Waals surface area contributed by atoms with Crippen molar-refractivity contribution in [2.45, 2.75) is 159 Å². The van der Waals surface area contributed by atoms with Crippen LogP contribution in [0.25, 0.3) is 11.1 Å². The quantitative estimate of drug-likeness (QED) is 0.226. The van der Waals surface area contributed by atoms with Crippen LogP contribution in [0.3, 0.4) is 0 Å². The zero-order valence-electron chi connectivity index (χ0n) is 31.7. The van der Waals surface area contributed by atoms with E-state index in [4.69, 9.17) is 10.6 Å². The lowest BCUT2D eigenvalue weighted by atomic mass is 9.81. The number of carbonyl (C=O) groups is 1. The van der Waals surface area contributed by atoms with Crippen LogP contribution in [0.15, 0.2) is 53.7 Å². The van der Waals surface area contributed by atoms with Crippen molar-refractivity contribution >= 4 is 21.5 Å². The summed E-state index contributed by atoms with van der Waals surface area (Å²) >= 11 is 0. The van der Waals surface area contributed by atoms with Crippen LogP contribution >= 0.6 is 0 Å². The molecule has 2 aromatic rings. The van der Waals surface area contributed by atoms with Crippen LogP contribution in [0.2, 0.25) is 0 Å². The first kappa shape index (κ1) is 47.4. The number of benzene rings is 2. The number of nitrogens with two attached hydrogens (primary N) is 1. The van der Waals surface area contributed by atoms with Crippen LogP contribution in [0.4, 0.5) is 0 Å². The van der Waals surface area contributed by atoms with Gasteiger partial charge >= 0.3 is 0 Å². The Balaban J connectivity index is 0.000000669. The van der Waals surface area contributed by atoms with Gasteiger partial charge in [0.25, 0.3) is 0 Å². The standard InChI is InChI=1S/C16H15NO.C11H21NO.C7H16.C6H13NO2S.2CH4/c1-11(2)18-17-16-14-9-5-3-7-12(14)13-8-4-6-10-15(13)16;1-8(2)11(13)10(12)9-6-4-3-5-7-9;1-6(2)7(3,4)5;1-5(2)7-10(8,9)6-3-4-6;;/h3-11H,1-2H3;8-10H,3-7,12H2,1-2H3;6H,1-5H3;5-7H,3-4H2,1-2H3;2*1H4/t;10-;;;;/m.0..../s1. The topological polar surface area (TPSA) is 111 Å². The molecular formula is C42H73N3O4S. The summed E-state index contributed by atoms with van der Waals surface area (Å²) in [6.45, 7) is 22.8. The molecule has 3 aliphatic carbocycles. The Morgan fingerprint density at radius 1 is 0.780 bits per heavy atom. The molecule has 7 nitrogen and oxygen atoms in total. The number of sulfonamides is 1. The molecule has 286 valence electrons. The Hall–Kier alpha value is -2.55. The van der Waals surface area contributed by atoms with Gasteiger partial charge in [-0.3, -0.25) is 4.79 Å². The van der Waals surface area contributed by atoms with E-state index in [0.717, 1.165) is 48.4 Å². The lowest BCUT2D eigenvalue weighted by molar-refractivity contribution is -0.124. The highest BCUT2D eigenvalue weighted by atomic mass is 32.2. The van der Waals surface area contributed by atoms with Gasteiger partial charge in [0.05, 0.1) is 11.3 Å². The first-order chi connectivity index (χ1) is 22.4. The molecule has 0 radical (unpaired) electrons. The summed E-state index contributed by atoms with van der Waals surface area (Å²) in [5.41, 5.74) is 12.2. The molecule has 1 atom stereocenters. The number of hydrogen-bond donors (Lipinski definition) is 2. The molecule has 8 heteroatoms. The second-order valence-corrected chi connectivity index (χ2v) is 17.7. The van der Waals surface area contributed by atoms with Crippen LogP contribution in [0.5, 0.6) is 0 Å². The van der Waals surface area contributed by atoms with Crippen molar-refractivity contribution < 1.29 is 18.0 Å². The lowest BCUT2D eigenvalue weighted by Crippen LogP contribution is -2.41. The van der Waals surface area contributed by atoms with Crippen molar-refractivity contribution in [3.8, 4) is 11.1 Å². The molecule has 50 heavy (non-hydrogen) atoms. The number of ketones is 1. The highest BCUT2D eigenvalue weighted by molar-refractivity contribution is 7.90. The minimum Gasteiger partial charge on any atom is -0.393 e. The fourth-order valence-electron chi connectivity index (χ4n) is 5.16. The van der Waals surface area contributed by atoms with Gasteiger partial charge in [-0.1, -0.05) is 136 Å². The van der Waals surface area contributed by atoms with Crippen molar-refractivity contribution in [1.29, 1.82) is 0 Å². The predicted octanol–water partition coefficient (Wildman–Crippen LogP) is 10.4. The lowest BCUT2D eigenvalue weighted by Gasteiger charge is -2.27. The van der Waals surface area contributed by atoms with Gasteiger partial charge in [0.1, 0.15) is 11.8 Å². The molecule has 3 N–H and O–H groups in total. The first-order valence-corrected chi connectivity index (χ1v) is 19.6. The molecule has 0 heterocycles. The van der Waals surface area contributed by atoms with Gasteiger partial charge in [0, 0.05) is 23.1 Å². The molecule has 0 unspecified atom stereocenters. The van der Waals surface area contributed by atoms with Crippen molar-refractivity contribution in [1.82, 2.24) is 4.72 Å². The normalized spacial score (nSPS) is 15.9. The highest BCUT2D eigenvalue weighted by Crippen LogP contribution is 2.36. The summed E-state index contributed by atoms with van der Waals surface area (Å²) in [6, 6.07) is 16.5. The fraction of sp³-hybridized carbons (Fsp3) is 0.667. The third-order valence-corrected chi connectivity index (χ3v) is 11.3. The maximum atomic E-state index is 11.6. The van der Waals surface area contributed by atoms with E-state index in [1.54, 1.807) is 0 Å². The Kier molecular flexibility index (Phi) is 20.6. The number of fused-ring (bicyclic) bond motifs is 3. The van der Waals surface area contributed by atoms with E-state index in [1.807, 2.05) is 53.7 Å². The monoisotopic (exact) mass is 716 g/mol. The molecule has 0 amide bonds. The average Bonchev–Trinajstić information content (AvgIpc) is 3.84. The summed E-state index contributed by atoms with van der Waals surface area (Å²) in [6.07, 6.45) is 7.90. The summed E-state index contributed by atoms with van der Waals surface area (Å²) in [4.78, 5) is 17.0. The van der Waals surface area contributed by atoms with Crippen molar-refractivity contribution in [3.05, 3.63) is 59.7 Å². The third-order valence-electron chi connectivity index (χ3n) is 9.16. The number of carbonyl (C=O) groups excluding carboxylic acids is 1. The molecule has 0 spiro atoms. The largest absolute Gasteiger partial charge is 0.393 e. The Morgan fingerprint density at radius 3 is 1.54 bits per heavy atom. The zero-order chi connectivity index (χ0) is 36.2. The zero-order valence-corrected chi connectivity index (χ0v) is 32.5. The number of nitrogens with one attached hydrogen (secondary N) is 1. The number of hydrogen-bond acceptors (Lipinski definition) is 6. The van der Waals surface area contributed by atoms with E-state index in [0.29, 0.717) is 11.3 Å². The minimum atomic E-state index is -2.94. The predicted molar refractivity (Wildman–Crippen MR) is 216 cm³/mol. The summed E-state index contributed by atoms with van der Waals surface area (Å²) in [5.74, 6) is 1.60. The fourth-order valence-corrected chi connectivity index (χ4v) is 6.77. The minimum absolute atomic E-state index is 0. The van der Waals surface area contributed by atoms with Gasteiger partial charge in [-0.25, -0.2) is 13.1 Å². The molecule has 0 aliphatic heterocycles. The van der Waals surface area contributed by atoms with Gasteiger partial charge in [-0.15, -0.1) is 0 Å². The Labute approximate surface area is 307 Å². The number of rotatable bonds is 8. The summed E-state index contributed by atoms with van der Waals surface area (Å²) in [5, 5.41) is 4.23. The SMILES string of the molecule is C.C.CC(C)C(=O)[C@@H](N)C1CCCCC1.CC(C)C(C)(C)C.CC(C)NS(=O)(=O)C1CC1.CC(C)ON=C1c2ccccc2-c2ccccc21. The first-order valence-electron chi connectivity index (χ1n) is 18.1. The van der Waals surface area contributed by atoms with Gasteiger partial charge in [0.15, 0.2) is 5.78 Å². The molecule has 0 bridgehead atoms. The van der Waals surface area contributed by atoms with Gasteiger partial charge in [-0.05, 0) is 81.8 Å². The van der Waals surface area contributed by atoms with Gasteiger partial charge < -0.3 is 10.6 Å². The smallest absolute Gasteiger partial charge is 0.214 e. The van der Waals surface area contributed by atoms with Crippen LogP contribution < -0.4 is 10.5 Å². The Morgan fingerprint density at radius 2 is 1.20 bits per heavy atom. The Bertz CT molecular complexity index is 1370. The van der Waals surface area contributed by atoms with Crippen LogP contribution in [-0.2, 0) is 19.7 Å². The van der Waals surface area contributed by atoms with Gasteiger partial charge in [-0.2, -0.15) is 0 Å². The maximum absolute atomic E-state index is 11.6. The van der Waals surface area contributed by atoms with E-state index < -0.39 is 10.0 Å². The third kappa shape index (κ3) is 15.4. The summed E-state index contributed by atoms with van der Waals surface area (Å²) in [7, 11) is -2.94. The maximum Gasteiger partial charge on any atom is 0.214 e. The second-order valence-electron chi connectivity index (χ2n) is 15.7. The summed E-state index contributed by atoms with van der Waals surface area (Å²) < 4.78 is 24.7. The van der Waals surface area contributed by atoms with E-state index in [-0.39, 0.29) is 50.0 Å². The number of oxime groups is 1. The van der Waals surface area contributed by atoms with E-state index in [9.17, 15) is 13.2 Å². The number of nitrogens with zero attached hydrogens (tertiary/aromatic N) is 1. The molecule has 2 fully saturated rings. The number of Topliss-reactive ketones (excluding diaryl/α,β-unsaturated/α-hetero) is 1. The van der Waals surface area contributed by atoms with E-state index in [1.165, 1.54) is 30.4 Å². The second kappa shape index (κ2) is 21.7. The van der Waals surface area contributed by atoms with Crippen LogP contribution in [0.1, 0.15) is 147 Å². The highest BCUT2D eigenvalue weighted by Gasteiger charge is 2.35. The van der Waals surface area contributed by atoms with Crippen LogP contribution in [-0.4, -0.2) is 43.4 Å². The molecule has 2 aromatic carbocycles. The van der Waals surface area contributed by atoms with Crippen molar-refractivity contribution in [2.24, 2.45) is 34.1 Å². The average molecular weight is 716 g/mol. The van der Waals surface area contributed by atoms with E-state index >= 15 is 0 Å². The van der Waals surface area contributed by atoms with Crippen LogP contribution in [0, 0.1) is 23.2 Å².